The van der Waals surface area contributed by atoms with Crippen molar-refractivity contribution in [2.45, 2.75) is 16.3 Å². The van der Waals surface area contributed by atoms with E-state index in [1.54, 1.807) is 25.1 Å². The van der Waals surface area contributed by atoms with Gasteiger partial charge in [-0.3, -0.25) is 0 Å². The van der Waals surface area contributed by atoms with Crippen molar-refractivity contribution in [3.63, 3.8) is 0 Å². The summed E-state index contributed by atoms with van der Waals surface area (Å²) in [5, 5.41) is 10.2. The van der Waals surface area contributed by atoms with Crippen LogP contribution in [-0.2, 0) is 6.54 Å². The summed E-state index contributed by atoms with van der Waals surface area (Å²) in [6.45, 7) is 0.657. The van der Waals surface area contributed by atoms with Crippen LogP contribution >= 0.6 is 23.1 Å². The van der Waals surface area contributed by atoms with Gasteiger partial charge in [-0.1, -0.05) is 47.4 Å². The second-order valence-corrected chi connectivity index (χ2v) is 8.76. The van der Waals surface area contributed by atoms with Gasteiger partial charge in [0.25, 0.3) is 0 Å². The smallest absolute Gasteiger partial charge is 0.231 e. The third kappa shape index (κ3) is 3.81. The van der Waals surface area contributed by atoms with Crippen LogP contribution in [0.2, 0.25) is 0 Å². The summed E-state index contributed by atoms with van der Waals surface area (Å²) < 4.78 is 5.19. The maximum atomic E-state index is 5.19. The minimum atomic E-state index is 0.647. The summed E-state index contributed by atoms with van der Waals surface area (Å²) >= 11 is 3.31. The van der Waals surface area contributed by atoms with E-state index in [1.165, 1.54) is 32.5 Å². The zero-order valence-corrected chi connectivity index (χ0v) is 17.9. The van der Waals surface area contributed by atoms with Crippen LogP contribution in [0.3, 0.4) is 0 Å². The predicted molar refractivity (Wildman–Crippen MR) is 123 cm³/mol. The van der Waals surface area contributed by atoms with E-state index in [0.717, 1.165) is 16.3 Å². The van der Waals surface area contributed by atoms with E-state index in [-0.39, 0.29) is 0 Å². The van der Waals surface area contributed by atoms with E-state index in [9.17, 15) is 0 Å². The Morgan fingerprint density at radius 3 is 2.23 bits per heavy atom. The Balaban J connectivity index is 1.38. The highest BCUT2D eigenvalue weighted by molar-refractivity contribution is 7.99. The lowest BCUT2D eigenvalue weighted by atomic mass is 10.2. The van der Waals surface area contributed by atoms with Crippen molar-refractivity contribution < 1.29 is 4.74 Å². The average Bonchev–Trinajstić information content (AvgIpc) is 3.25. The molecule has 0 atom stereocenters. The van der Waals surface area contributed by atoms with E-state index >= 15 is 0 Å². The Labute approximate surface area is 183 Å². The number of fused-ring (bicyclic) bond motifs is 2. The quantitative estimate of drug-likeness (QED) is 0.358. The zero-order chi connectivity index (χ0) is 20.3. The summed E-state index contributed by atoms with van der Waals surface area (Å²) in [7, 11) is 1.66. The number of aliphatic imine (C=N–C) groups is 1. The second kappa shape index (κ2) is 8.30. The molecule has 0 unspecified atom stereocenters. The molecule has 1 aliphatic heterocycles. The summed E-state index contributed by atoms with van der Waals surface area (Å²) in [6, 6.07) is 24.7. The maximum absolute atomic E-state index is 5.19. The average molecular weight is 431 g/mol. The second-order valence-electron chi connectivity index (χ2n) is 6.63. The number of rotatable bonds is 5. The molecule has 5 rings (SSSR count). The highest BCUT2D eigenvalue weighted by Gasteiger charge is 2.23. The fourth-order valence-corrected chi connectivity index (χ4v) is 5.04. The molecule has 1 aliphatic rings. The van der Waals surface area contributed by atoms with Crippen LogP contribution in [-0.4, -0.2) is 23.5 Å². The molecule has 0 saturated heterocycles. The van der Waals surface area contributed by atoms with Gasteiger partial charge in [-0.25, -0.2) is 4.99 Å². The minimum Gasteiger partial charge on any atom is -0.497 e. The van der Waals surface area contributed by atoms with Gasteiger partial charge < -0.3 is 9.64 Å². The van der Waals surface area contributed by atoms with E-state index < -0.39 is 0 Å². The van der Waals surface area contributed by atoms with Crippen LogP contribution in [0.25, 0.3) is 0 Å². The third-order valence-electron chi connectivity index (χ3n) is 4.72. The fraction of sp³-hybridized carbons (Fsp3) is 0.0870. The number of para-hydroxylation sites is 2. The Kier molecular flexibility index (Phi) is 5.21. The van der Waals surface area contributed by atoms with Crippen molar-refractivity contribution in [3.8, 4) is 5.75 Å². The van der Waals surface area contributed by atoms with Crippen LogP contribution < -0.4 is 9.64 Å². The molecule has 4 aromatic rings. The molecule has 0 aliphatic carbocycles. The third-order valence-corrected chi connectivity index (χ3v) is 6.67. The first kappa shape index (κ1) is 18.8. The predicted octanol–water partition coefficient (Wildman–Crippen LogP) is 6.10. The van der Waals surface area contributed by atoms with Crippen molar-refractivity contribution in [1.82, 2.24) is 10.2 Å². The lowest BCUT2D eigenvalue weighted by Gasteiger charge is -2.31. The normalized spacial score (nSPS) is 12.6. The minimum absolute atomic E-state index is 0.647. The number of hydrogen-bond donors (Lipinski definition) is 0. The Bertz CT molecular complexity index is 1160. The Hall–Kier alpha value is -3.16. The molecular formula is C23H18N4OS2. The monoisotopic (exact) mass is 430 g/mol. The molecule has 0 saturated carbocycles. The van der Waals surface area contributed by atoms with Crippen LogP contribution in [0.15, 0.2) is 87.6 Å². The standard InChI is InChI=1S/C23H18N4OS2/c1-28-17-12-10-16(11-13-17)14-24-23-26-25-22(30-23)15-27-18-6-2-4-8-20(18)29-21-9-5-3-7-19(21)27/h2-14H,15H2,1H3/b24-14+. The van der Waals surface area contributed by atoms with Crippen molar-refractivity contribution in [3.05, 3.63) is 83.4 Å². The zero-order valence-electron chi connectivity index (χ0n) is 16.2. The van der Waals surface area contributed by atoms with Gasteiger partial charge >= 0.3 is 0 Å². The molecular weight excluding hydrogens is 412 g/mol. The number of benzene rings is 3. The van der Waals surface area contributed by atoms with Gasteiger partial charge in [-0.05, 0) is 54.1 Å². The van der Waals surface area contributed by atoms with Crippen LogP contribution in [0.4, 0.5) is 16.5 Å². The molecule has 0 radical (unpaired) electrons. The maximum Gasteiger partial charge on any atom is 0.231 e. The molecule has 7 heteroatoms. The number of anilines is 2. The molecule has 0 bridgehead atoms. The highest BCUT2D eigenvalue weighted by Crippen LogP contribution is 2.48. The van der Waals surface area contributed by atoms with Gasteiger partial charge in [-0.2, -0.15) is 0 Å². The van der Waals surface area contributed by atoms with Crippen molar-refractivity contribution in [1.29, 1.82) is 0 Å². The molecule has 5 nitrogen and oxygen atoms in total. The van der Waals surface area contributed by atoms with Gasteiger partial charge in [-0.15, -0.1) is 10.2 Å². The van der Waals surface area contributed by atoms with Gasteiger partial charge in [0.2, 0.25) is 5.13 Å². The molecule has 0 spiro atoms. The molecule has 0 fully saturated rings. The van der Waals surface area contributed by atoms with E-state index in [1.807, 2.05) is 24.3 Å². The molecule has 1 aromatic heterocycles. The molecule has 2 heterocycles. The lowest BCUT2D eigenvalue weighted by Crippen LogP contribution is -2.20. The molecule has 0 amide bonds. The fourth-order valence-electron chi connectivity index (χ4n) is 3.27. The topological polar surface area (TPSA) is 50.6 Å². The summed E-state index contributed by atoms with van der Waals surface area (Å²) in [6.07, 6.45) is 1.80. The van der Waals surface area contributed by atoms with Gasteiger partial charge in [0.1, 0.15) is 10.8 Å². The largest absolute Gasteiger partial charge is 0.497 e. The number of hydrogen-bond acceptors (Lipinski definition) is 7. The summed E-state index contributed by atoms with van der Waals surface area (Å²) in [5.74, 6) is 0.825. The van der Waals surface area contributed by atoms with Crippen LogP contribution in [0.5, 0.6) is 5.75 Å². The first-order chi connectivity index (χ1) is 14.8. The number of ether oxygens (including phenoxy) is 1. The van der Waals surface area contributed by atoms with Crippen LogP contribution in [0.1, 0.15) is 10.6 Å². The van der Waals surface area contributed by atoms with E-state index in [2.05, 4.69) is 68.6 Å². The first-order valence-electron chi connectivity index (χ1n) is 9.44. The number of methoxy groups -OCH3 is 1. The van der Waals surface area contributed by atoms with Gasteiger partial charge in [0.05, 0.1) is 25.0 Å². The Morgan fingerprint density at radius 1 is 0.900 bits per heavy atom. The molecule has 30 heavy (non-hydrogen) atoms. The number of aromatic nitrogens is 2. The van der Waals surface area contributed by atoms with E-state index in [0.29, 0.717) is 11.7 Å². The summed E-state index contributed by atoms with van der Waals surface area (Å²) in [4.78, 5) is 9.29. The van der Waals surface area contributed by atoms with Crippen molar-refractivity contribution in [2.24, 2.45) is 4.99 Å². The molecule has 0 N–H and O–H groups in total. The van der Waals surface area contributed by atoms with Gasteiger partial charge in [0, 0.05) is 16.0 Å². The molecule has 148 valence electrons. The van der Waals surface area contributed by atoms with E-state index in [4.69, 9.17) is 4.74 Å². The first-order valence-corrected chi connectivity index (χ1v) is 11.1. The van der Waals surface area contributed by atoms with Crippen molar-refractivity contribution >= 4 is 45.8 Å². The number of nitrogens with zero attached hydrogens (tertiary/aromatic N) is 4. The lowest BCUT2D eigenvalue weighted by molar-refractivity contribution is 0.415. The molecule has 3 aromatic carbocycles. The van der Waals surface area contributed by atoms with Crippen LogP contribution in [0, 0.1) is 0 Å². The van der Waals surface area contributed by atoms with Gasteiger partial charge in [0.15, 0.2) is 0 Å². The summed E-state index contributed by atoms with van der Waals surface area (Å²) in [5.41, 5.74) is 3.38. The Morgan fingerprint density at radius 2 is 1.57 bits per heavy atom. The highest BCUT2D eigenvalue weighted by atomic mass is 32.2. The van der Waals surface area contributed by atoms with Crippen molar-refractivity contribution in [2.75, 3.05) is 12.0 Å². The SMILES string of the molecule is COc1ccc(/C=N/c2nnc(CN3c4ccccc4Sc4ccccc43)s2)cc1.